The molecule has 11 nitrogen and oxygen atoms in total. The Hall–Kier alpha value is -4.71. The number of aromatic nitrogens is 2. The van der Waals surface area contributed by atoms with Gasteiger partial charge in [0.25, 0.3) is 5.56 Å². The van der Waals surface area contributed by atoms with Gasteiger partial charge in [-0.05, 0) is 60.7 Å². The first-order valence-electron chi connectivity index (χ1n) is 14.7. The van der Waals surface area contributed by atoms with Crippen LogP contribution in [0.25, 0.3) is 10.9 Å². The van der Waals surface area contributed by atoms with E-state index in [9.17, 15) is 14.4 Å². The van der Waals surface area contributed by atoms with Crippen LogP contribution in [0.5, 0.6) is 23.0 Å². The zero-order chi connectivity index (χ0) is 31.8. The van der Waals surface area contributed by atoms with Crippen LogP contribution in [0.1, 0.15) is 30.9 Å². The first-order valence-corrected chi connectivity index (χ1v) is 15.7. The number of carbonyl (C=O) groups is 2. The lowest BCUT2D eigenvalue weighted by atomic mass is 10.1. The highest BCUT2D eigenvalue weighted by atomic mass is 32.2. The lowest BCUT2D eigenvalue weighted by Gasteiger charge is -2.14. The van der Waals surface area contributed by atoms with Gasteiger partial charge in [-0.15, -0.1) is 0 Å². The van der Waals surface area contributed by atoms with Crippen LogP contribution in [0.15, 0.2) is 64.5 Å². The highest BCUT2D eigenvalue weighted by Crippen LogP contribution is 2.35. The molecule has 1 aromatic heterocycles. The molecule has 0 saturated carbocycles. The van der Waals surface area contributed by atoms with Crippen molar-refractivity contribution in [3.8, 4) is 23.0 Å². The molecule has 0 spiro atoms. The van der Waals surface area contributed by atoms with Gasteiger partial charge in [0, 0.05) is 31.3 Å². The van der Waals surface area contributed by atoms with Crippen LogP contribution in [-0.2, 0) is 29.0 Å². The standard InChI is InChI=1S/C33H36N4O7S/c1-4-21-7-10-23(11-8-21)35-31(39)19-45-33-36-25-18-29-28(43-20-44-29)17-24(25)32(40)37(33)15-5-6-30(38)34-14-13-22-9-12-26(41-2)27(16-22)42-3/h7-12,16-18H,4-6,13-15,19-20H2,1-3H3,(H,34,38)(H,35,39). The van der Waals surface area contributed by atoms with Gasteiger partial charge >= 0.3 is 0 Å². The summed E-state index contributed by atoms with van der Waals surface area (Å²) < 4.78 is 23.1. The van der Waals surface area contributed by atoms with E-state index >= 15 is 0 Å². The quantitative estimate of drug-likeness (QED) is 0.152. The second kappa shape index (κ2) is 14.8. The zero-order valence-corrected chi connectivity index (χ0v) is 26.3. The summed E-state index contributed by atoms with van der Waals surface area (Å²) in [7, 11) is 3.17. The van der Waals surface area contributed by atoms with Gasteiger partial charge in [0.1, 0.15) is 0 Å². The van der Waals surface area contributed by atoms with Crippen molar-refractivity contribution >= 4 is 40.2 Å². The number of carbonyl (C=O) groups excluding carboxylic acids is 2. The molecule has 0 atom stereocenters. The van der Waals surface area contributed by atoms with E-state index in [2.05, 4.69) is 17.6 Å². The summed E-state index contributed by atoms with van der Waals surface area (Å²) in [6.07, 6.45) is 2.16. The highest BCUT2D eigenvalue weighted by Gasteiger charge is 2.20. The fourth-order valence-electron chi connectivity index (χ4n) is 4.92. The number of nitrogens with one attached hydrogen (secondary N) is 2. The maximum atomic E-state index is 13.6. The molecule has 3 aromatic carbocycles. The molecule has 236 valence electrons. The number of rotatable bonds is 14. The Bertz CT molecular complexity index is 1740. The Balaban J connectivity index is 1.23. The summed E-state index contributed by atoms with van der Waals surface area (Å²) in [4.78, 5) is 43.8. The number of aryl methyl sites for hydroxylation is 1. The summed E-state index contributed by atoms with van der Waals surface area (Å²) in [5.41, 5.74) is 3.06. The van der Waals surface area contributed by atoms with Crippen LogP contribution in [0, 0.1) is 0 Å². The number of hydrogen-bond donors (Lipinski definition) is 2. The lowest BCUT2D eigenvalue weighted by molar-refractivity contribution is -0.121. The molecular weight excluding hydrogens is 596 g/mol. The van der Waals surface area contributed by atoms with E-state index in [1.807, 2.05) is 42.5 Å². The molecule has 2 N–H and O–H groups in total. The second-order valence-electron chi connectivity index (χ2n) is 10.4. The largest absolute Gasteiger partial charge is 0.493 e. The Kier molecular flexibility index (Phi) is 10.5. The number of amides is 2. The number of fused-ring (bicyclic) bond motifs is 2. The van der Waals surface area contributed by atoms with E-state index in [4.69, 9.17) is 23.9 Å². The van der Waals surface area contributed by atoms with E-state index in [0.717, 1.165) is 12.0 Å². The maximum Gasteiger partial charge on any atom is 0.262 e. The number of ether oxygens (including phenoxy) is 4. The summed E-state index contributed by atoms with van der Waals surface area (Å²) >= 11 is 1.17. The van der Waals surface area contributed by atoms with Crippen molar-refractivity contribution in [2.75, 3.05) is 38.6 Å². The third-order valence-electron chi connectivity index (χ3n) is 7.36. The minimum atomic E-state index is -0.273. The van der Waals surface area contributed by atoms with Gasteiger partial charge < -0.3 is 29.6 Å². The van der Waals surface area contributed by atoms with E-state index < -0.39 is 0 Å². The third-order valence-corrected chi connectivity index (χ3v) is 8.34. The average molecular weight is 633 g/mol. The van der Waals surface area contributed by atoms with Gasteiger partial charge in [-0.3, -0.25) is 19.0 Å². The van der Waals surface area contributed by atoms with Crippen LogP contribution in [0.2, 0.25) is 0 Å². The predicted octanol–water partition coefficient (Wildman–Crippen LogP) is 4.57. The molecule has 1 aliphatic rings. The first kappa shape index (κ1) is 31.7. The molecule has 2 heterocycles. The maximum absolute atomic E-state index is 13.6. The van der Waals surface area contributed by atoms with Gasteiger partial charge in [-0.2, -0.15) is 0 Å². The number of benzene rings is 3. The van der Waals surface area contributed by atoms with Gasteiger partial charge in [0.2, 0.25) is 18.6 Å². The van der Waals surface area contributed by atoms with Crippen LogP contribution in [0.3, 0.4) is 0 Å². The van der Waals surface area contributed by atoms with Crippen molar-refractivity contribution in [1.82, 2.24) is 14.9 Å². The molecule has 5 rings (SSSR count). The van der Waals surface area contributed by atoms with E-state index in [0.29, 0.717) is 64.1 Å². The molecule has 0 bridgehead atoms. The van der Waals surface area contributed by atoms with Gasteiger partial charge in [0.05, 0.1) is 30.9 Å². The number of methoxy groups -OCH3 is 2. The molecule has 12 heteroatoms. The Morgan fingerprint density at radius 1 is 0.956 bits per heavy atom. The molecule has 0 aliphatic carbocycles. The molecule has 4 aromatic rings. The van der Waals surface area contributed by atoms with Crippen LogP contribution in [0.4, 0.5) is 5.69 Å². The number of nitrogens with zero attached hydrogens (tertiary/aromatic N) is 2. The molecule has 1 aliphatic heterocycles. The summed E-state index contributed by atoms with van der Waals surface area (Å²) in [5.74, 6) is 1.99. The van der Waals surface area contributed by atoms with E-state index in [1.54, 1.807) is 26.4 Å². The Labute approximate surface area is 265 Å². The van der Waals surface area contributed by atoms with Crippen molar-refractivity contribution in [1.29, 1.82) is 0 Å². The van der Waals surface area contributed by atoms with Gasteiger partial charge in [-0.25, -0.2) is 4.98 Å². The first-order chi connectivity index (χ1) is 21.9. The van der Waals surface area contributed by atoms with Gasteiger partial charge in [-0.1, -0.05) is 36.9 Å². The number of hydrogen-bond acceptors (Lipinski definition) is 9. The highest BCUT2D eigenvalue weighted by molar-refractivity contribution is 7.99. The predicted molar refractivity (Wildman–Crippen MR) is 173 cm³/mol. The fourth-order valence-corrected chi connectivity index (χ4v) is 5.74. The average Bonchev–Trinajstić information content (AvgIpc) is 3.52. The SMILES string of the molecule is CCc1ccc(NC(=O)CSc2nc3cc4c(cc3c(=O)n2CCCC(=O)NCCc2ccc(OC)c(OC)c2)OCO4)cc1. The molecule has 0 fully saturated rings. The number of anilines is 1. The molecule has 0 radical (unpaired) electrons. The summed E-state index contributed by atoms with van der Waals surface area (Å²) in [6, 6.07) is 16.6. The topological polar surface area (TPSA) is 130 Å². The fraction of sp³-hybridized carbons (Fsp3) is 0.333. The molecular formula is C33H36N4O7S. The van der Waals surface area contributed by atoms with Crippen LogP contribution < -0.4 is 35.1 Å². The normalized spacial score (nSPS) is 11.8. The van der Waals surface area contributed by atoms with Crippen molar-refractivity contribution in [3.05, 3.63) is 76.1 Å². The Morgan fingerprint density at radius 2 is 1.69 bits per heavy atom. The van der Waals surface area contributed by atoms with Crippen LogP contribution in [-0.4, -0.2) is 54.7 Å². The number of thioether (sulfide) groups is 1. The second-order valence-corrected chi connectivity index (χ2v) is 11.3. The lowest BCUT2D eigenvalue weighted by Crippen LogP contribution is -2.27. The monoisotopic (exact) mass is 632 g/mol. The minimum absolute atomic E-state index is 0.0503. The van der Waals surface area contributed by atoms with Crippen molar-refractivity contribution < 1.29 is 28.5 Å². The summed E-state index contributed by atoms with van der Waals surface area (Å²) in [6.45, 7) is 2.85. The summed E-state index contributed by atoms with van der Waals surface area (Å²) in [5, 5.41) is 6.60. The third kappa shape index (κ3) is 7.88. The van der Waals surface area contributed by atoms with Crippen molar-refractivity contribution in [2.45, 2.75) is 44.3 Å². The molecule has 0 saturated heterocycles. The van der Waals surface area contributed by atoms with Crippen LogP contribution >= 0.6 is 11.8 Å². The molecule has 0 unspecified atom stereocenters. The van der Waals surface area contributed by atoms with E-state index in [1.165, 1.54) is 21.9 Å². The smallest absolute Gasteiger partial charge is 0.262 e. The van der Waals surface area contributed by atoms with Gasteiger partial charge in [0.15, 0.2) is 28.2 Å². The zero-order valence-electron chi connectivity index (χ0n) is 25.5. The van der Waals surface area contributed by atoms with Crippen molar-refractivity contribution in [3.63, 3.8) is 0 Å². The molecule has 45 heavy (non-hydrogen) atoms. The molecule has 2 amide bonds. The van der Waals surface area contributed by atoms with E-state index in [-0.39, 0.29) is 42.9 Å². The van der Waals surface area contributed by atoms with Crippen molar-refractivity contribution in [2.24, 2.45) is 0 Å². The minimum Gasteiger partial charge on any atom is -0.493 e. The Morgan fingerprint density at radius 3 is 2.42 bits per heavy atom.